The number of fused-ring (bicyclic) bond motifs is 1. The second kappa shape index (κ2) is 6.58. The minimum atomic E-state index is -4.86. The Balaban J connectivity index is 2.24. The first-order chi connectivity index (χ1) is 12.3. The normalized spacial score (nSPS) is 11.5. The number of esters is 1. The van der Waals surface area contributed by atoms with E-state index in [1.165, 1.54) is 0 Å². The van der Waals surface area contributed by atoms with Crippen LogP contribution in [0.15, 0.2) is 41.3 Å². The molecular weight excluding hydrogens is 353 g/mol. The first kappa shape index (κ1) is 17.6. The number of ether oxygens (including phenoxy) is 2. The Labute approximate surface area is 144 Å². The summed E-state index contributed by atoms with van der Waals surface area (Å²) < 4.78 is 46.1. The summed E-state index contributed by atoms with van der Waals surface area (Å²) >= 11 is 0. The van der Waals surface area contributed by atoms with E-state index in [-0.39, 0.29) is 28.8 Å². The maximum atomic E-state index is 12.8. The summed E-state index contributed by atoms with van der Waals surface area (Å²) in [5.41, 5.74) is -0.259. The molecule has 2 aromatic heterocycles. The van der Waals surface area contributed by atoms with E-state index in [1.54, 1.807) is 25.3 Å². The zero-order valence-corrected chi connectivity index (χ0v) is 13.4. The van der Waals surface area contributed by atoms with Gasteiger partial charge in [0.1, 0.15) is 11.3 Å². The lowest BCUT2D eigenvalue weighted by Gasteiger charge is -2.12. The van der Waals surface area contributed by atoms with E-state index in [1.807, 2.05) is 0 Å². The molecule has 1 aromatic carbocycles. The number of pyridine rings is 1. The predicted molar refractivity (Wildman–Crippen MR) is 87.0 cm³/mol. The first-order valence-corrected chi connectivity index (χ1v) is 7.57. The lowest BCUT2D eigenvalue weighted by molar-refractivity contribution is -0.274. The van der Waals surface area contributed by atoms with Crippen molar-refractivity contribution in [2.45, 2.75) is 13.3 Å². The van der Waals surface area contributed by atoms with Gasteiger partial charge >= 0.3 is 12.3 Å². The van der Waals surface area contributed by atoms with Gasteiger partial charge in [-0.15, -0.1) is 13.2 Å². The van der Waals surface area contributed by atoms with Crippen LogP contribution in [0.1, 0.15) is 17.3 Å². The molecule has 2 heterocycles. The average molecular weight is 366 g/mol. The molecule has 3 aromatic rings. The number of rotatable bonds is 4. The topological polar surface area (TPSA) is 84.2 Å². The lowest BCUT2D eigenvalue weighted by atomic mass is 10.1. The van der Waals surface area contributed by atoms with Gasteiger partial charge in [0.2, 0.25) is 5.43 Å². The number of aromatic amines is 2. The number of benzene rings is 1. The third-order valence-corrected chi connectivity index (χ3v) is 3.55. The summed E-state index contributed by atoms with van der Waals surface area (Å²) in [7, 11) is 0. The van der Waals surface area contributed by atoms with Gasteiger partial charge in [-0.1, -0.05) is 0 Å². The largest absolute Gasteiger partial charge is 0.573 e. The number of hydrogen-bond acceptors (Lipinski definition) is 4. The van der Waals surface area contributed by atoms with E-state index in [9.17, 15) is 22.8 Å². The van der Waals surface area contributed by atoms with Crippen molar-refractivity contribution < 1.29 is 27.4 Å². The predicted octanol–water partition coefficient (Wildman–Crippen LogP) is 3.60. The van der Waals surface area contributed by atoms with Crippen molar-refractivity contribution in [3.63, 3.8) is 0 Å². The van der Waals surface area contributed by atoms with Crippen LogP contribution in [-0.4, -0.2) is 28.9 Å². The third-order valence-electron chi connectivity index (χ3n) is 3.55. The molecule has 0 saturated carbocycles. The maximum Gasteiger partial charge on any atom is 0.573 e. The Morgan fingerprint density at radius 2 is 2.00 bits per heavy atom. The smallest absolute Gasteiger partial charge is 0.462 e. The van der Waals surface area contributed by atoms with Crippen LogP contribution < -0.4 is 10.2 Å². The number of H-pyrrole nitrogens is 2. The summed E-state index contributed by atoms with van der Waals surface area (Å²) in [6, 6.07) is 6.47. The van der Waals surface area contributed by atoms with Crippen molar-refractivity contribution in [3.8, 4) is 17.1 Å². The average Bonchev–Trinajstić information content (AvgIpc) is 3.07. The van der Waals surface area contributed by atoms with E-state index in [0.717, 1.165) is 18.2 Å². The van der Waals surface area contributed by atoms with E-state index in [2.05, 4.69) is 14.7 Å². The molecule has 0 radical (unpaired) electrons. The Morgan fingerprint density at radius 3 is 2.62 bits per heavy atom. The van der Waals surface area contributed by atoms with E-state index in [0.29, 0.717) is 5.69 Å². The van der Waals surface area contributed by atoms with Crippen molar-refractivity contribution in [2.75, 3.05) is 6.61 Å². The van der Waals surface area contributed by atoms with Crippen LogP contribution in [0, 0.1) is 0 Å². The molecule has 0 aliphatic heterocycles. The van der Waals surface area contributed by atoms with Crippen LogP contribution in [0.4, 0.5) is 13.2 Å². The zero-order chi connectivity index (χ0) is 18.9. The Kier molecular flexibility index (Phi) is 4.45. The SMILES string of the molecule is CCOC(=O)c1c(-c2ccc[nH]2)[nH]c2cc(OC(F)(F)F)ccc2c1=O. The van der Waals surface area contributed by atoms with Gasteiger partial charge < -0.3 is 19.4 Å². The second-order valence-corrected chi connectivity index (χ2v) is 5.26. The Hall–Kier alpha value is -3.23. The summed E-state index contributed by atoms with van der Waals surface area (Å²) in [6.45, 7) is 1.67. The summed E-state index contributed by atoms with van der Waals surface area (Å²) in [6.07, 6.45) is -3.28. The number of aromatic nitrogens is 2. The fraction of sp³-hybridized carbons (Fsp3) is 0.176. The van der Waals surface area contributed by atoms with Gasteiger partial charge in [0.15, 0.2) is 0 Å². The van der Waals surface area contributed by atoms with Crippen molar-refractivity contribution in [3.05, 3.63) is 52.3 Å². The monoisotopic (exact) mass is 366 g/mol. The molecule has 26 heavy (non-hydrogen) atoms. The van der Waals surface area contributed by atoms with Crippen LogP contribution >= 0.6 is 0 Å². The van der Waals surface area contributed by atoms with Gasteiger partial charge in [-0.25, -0.2) is 4.79 Å². The number of nitrogens with one attached hydrogen (secondary N) is 2. The Morgan fingerprint density at radius 1 is 1.23 bits per heavy atom. The molecule has 0 saturated heterocycles. The second-order valence-electron chi connectivity index (χ2n) is 5.26. The molecule has 2 N–H and O–H groups in total. The van der Waals surface area contributed by atoms with Crippen LogP contribution in [0.25, 0.3) is 22.3 Å². The number of halogens is 3. The fourth-order valence-electron chi connectivity index (χ4n) is 2.55. The van der Waals surface area contributed by atoms with Gasteiger partial charge in [-0.3, -0.25) is 4.79 Å². The van der Waals surface area contributed by atoms with Gasteiger partial charge in [-0.2, -0.15) is 0 Å². The molecule has 0 spiro atoms. The van der Waals surface area contributed by atoms with E-state index < -0.39 is 23.5 Å². The van der Waals surface area contributed by atoms with Gasteiger partial charge in [-0.05, 0) is 31.2 Å². The molecule has 0 unspecified atom stereocenters. The third kappa shape index (κ3) is 3.41. The molecular formula is C17H13F3N2O4. The van der Waals surface area contributed by atoms with Gasteiger partial charge in [0.05, 0.1) is 23.5 Å². The quantitative estimate of drug-likeness (QED) is 0.691. The molecule has 3 rings (SSSR count). The molecule has 136 valence electrons. The molecule has 0 fully saturated rings. The van der Waals surface area contributed by atoms with E-state index in [4.69, 9.17) is 4.74 Å². The highest BCUT2D eigenvalue weighted by molar-refractivity contribution is 6.00. The van der Waals surface area contributed by atoms with Crippen molar-refractivity contribution in [1.82, 2.24) is 9.97 Å². The zero-order valence-electron chi connectivity index (χ0n) is 13.4. The van der Waals surface area contributed by atoms with Crippen molar-refractivity contribution in [2.24, 2.45) is 0 Å². The van der Waals surface area contributed by atoms with Crippen molar-refractivity contribution >= 4 is 16.9 Å². The highest BCUT2D eigenvalue weighted by atomic mass is 19.4. The molecule has 0 bridgehead atoms. The first-order valence-electron chi connectivity index (χ1n) is 7.57. The Bertz CT molecular complexity index is 1010. The van der Waals surface area contributed by atoms with Crippen LogP contribution in [-0.2, 0) is 4.74 Å². The standard InChI is InChI=1S/C17H13F3N2O4/c1-2-25-16(24)13-14(11-4-3-7-21-11)22-12-8-9(26-17(18,19)20)5-6-10(12)15(13)23/h3-8,21H,2H2,1H3,(H,22,23). The maximum absolute atomic E-state index is 12.8. The van der Waals surface area contributed by atoms with Crippen LogP contribution in [0.3, 0.4) is 0 Å². The summed E-state index contributed by atoms with van der Waals surface area (Å²) in [5, 5.41) is 0.0397. The molecule has 0 aliphatic carbocycles. The highest BCUT2D eigenvalue weighted by Crippen LogP contribution is 2.27. The van der Waals surface area contributed by atoms with E-state index >= 15 is 0 Å². The number of carbonyl (C=O) groups excluding carboxylic acids is 1. The number of carbonyl (C=O) groups is 1. The number of hydrogen-bond donors (Lipinski definition) is 2. The molecule has 9 heteroatoms. The summed E-state index contributed by atoms with van der Waals surface area (Å²) in [4.78, 5) is 30.7. The summed E-state index contributed by atoms with van der Waals surface area (Å²) in [5.74, 6) is -1.31. The van der Waals surface area contributed by atoms with Crippen LogP contribution in [0.2, 0.25) is 0 Å². The molecule has 0 atom stereocenters. The fourth-order valence-corrected chi connectivity index (χ4v) is 2.55. The minimum Gasteiger partial charge on any atom is -0.462 e. The lowest BCUT2D eigenvalue weighted by Crippen LogP contribution is -2.21. The molecule has 0 amide bonds. The van der Waals surface area contributed by atoms with Gasteiger partial charge in [0, 0.05) is 17.6 Å². The highest BCUT2D eigenvalue weighted by Gasteiger charge is 2.31. The minimum absolute atomic E-state index is 0.0397. The van der Waals surface area contributed by atoms with Gasteiger partial charge in [0.25, 0.3) is 0 Å². The number of alkyl halides is 3. The molecule has 0 aliphatic rings. The van der Waals surface area contributed by atoms with Crippen molar-refractivity contribution in [1.29, 1.82) is 0 Å². The molecule has 6 nitrogen and oxygen atoms in total. The van der Waals surface area contributed by atoms with Crippen LogP contribution in [0.5, 0.6) is 5.75 Å².